The second-order valence-electron chi connectivity index (χ2n) is 6.67. The first-order valence-electron chi connectivity index (χ1n) is 7.85. The van der Waals surface area contributed by atoms with Crippen LogP contribution in [0.25, 0.3) is 0 Å². The number of hydrogen-bond acceptors (Lipinski definition) is 2. The molecular weight excluding hydrogens is 234 g/mol. The molecule has 2 fully saturated rings. The minimum absolute atomic E-state index is 0.655. The van der Waals surface area contributed by atoms with Crippen molar-refractivity contribution in [1.82, 2.24) is 15.1 Å². The van der Waals surface area contributed by atoms with Crippen LogP contribution in [0.1, 0.15) is 61.9 Å². The van der Waals surface area contributed by atoms with Gasteiger partial charge in [0.1, 0.15) is 0 Å². The third-order valence-electron chi connectivity index (χ3n) is 5.70. The van der Waals surface area contributed by atoms with Gasteiger partial charge in [-0.15, -0.1) is 0 Å². The lowest BCUT2D eigenvalue weighted by Crippen LogP contribution is -2.54. The van der Waals surface area contributed by atoms with Gasteiger partial charge in [0, 0.05) is 30.9 Å². The highest BCUT2D eigenvalue weighted by atomic mass is 15.3. The zero-order chi connectivity index (χ0) is 13.5. The molecule has 106 valence electrons. The van der Waals surface area contributed by atoms with Gasteiger partial charge >= 0.3 is 0 Å². The Hall–Kier alpha value is -0.830. The molecule has 3 heteroatoms. The smallest absolute Gasteiger partial charge is 0.0641 e. The molecule has 3 rings (SSSR count). The fraction of sp³-hybridized carbons (Fsp3) is 0.812. The van der Waals surface area contributed by atoms with E-state index < -0.39 is 0 Å². The summed E-state index contributed by atoms with van der Waals surface area (Å²) in [6.45, 7) is 5.30. The van der Waals surface area contributed by atoms with Crippen LogP contribution < -0.4 is 5.32 Å². The van der Waals surface area contributed by atoms with E-state index in [0.29, 0.717) is 5.41 Å². The summed E-state index contributed by atoms with van der Waals surface area (Å²) >= 11 is 0. The van der Waals surface area contributed by atoms with Crippen molar-refractivity contribution in [2.75, 3.05) is 0 Å². The molecule has 2 aliphatic carbocycles. The zero-order valence-electron chi connectivity index (χ0n) is 12.6. The minimum Gasteiger partial charge on any atom is -0.309 e. The lowest BCUT2D eigenvalue weighted by molar-refractivity contribution is 0.0221. The maximum absolute atomic E-state index is 4.51. The summed E-state index contributed by atoms with van der Waals surface area (Å²) < 4.78 is 2.00. The van der Waals surface area contributed by atoms with Crippen LogP contribution in [0.4, 0.5) is 0 Å². The number of hydrogen-bond donors (Lipinski definition) is 1. The second-order valence-corrected chi connectivity index (χ2v) is 6.67. The monoisotopic (exact) mass is 261 g/mol. The average molecular weight is 261 g/mol. The van der Waals surface area contributed by atoms with Crippen molar-refractivity contribution in [3.8, 4) is 0 Å². The van der Waals surface area contributed by atoms with Crippen LogP contribution in [-0.2, 0) is 13.6 Å². The SMILES string of the molecule is Cc1nn(C)c(C)c1CNC1CCC12CCCCC2. The number of aryl methyl sites for hydroxylation is 2. The first-order valence-corrected chi connectivity index (χ1v) is 7.85. The molecule has 1 N–H and O–H groups in total. The highest BCUT2D eigenvalue weighted by Crippen LogP contribution is 2.51. The summed E-state index contributed by atoms with van der Waals surface area (Å²) in [6.07, 6.45) is 10.1. The standard InChI is InChI=1S/C16H27N3/c1-12-14(13(2)19(3)18-12)11-17-15-7-10-16(15)8-5-4-6-9-16/h15,17H,4-11H2,1-3H3. The van der Waals surface area contributed by atoms with Gasteiger partial charge in [0.25, 0.3) is 0 Å². The van der Waals surface area contributed by atoms with Gasteiger partial charge in [-0.2, -0.15) is 5.10 Å². The largest absolute Gasteiger partial charge is 0.309 e. The van der Waals surface area contributed by atoms with Gasteiger partial charge in [0.2, 0.25) is 0 Å². The van der Waals surface area contributed by atoms with Gasteiger partial charge in [-0.1, -0.05) is 19.3 Å². The van der Waals surface area contributed by atoms with E-state index in [2.05, 4.69) is 24.3 Å². The van der Waals surface area contributed by atoms with Crippen LogP contribution in [-0.4, -0.2) is 15.8 Å². The maximum atomic E-state index is 4.51. The van der Waals surface area contributed by atoms with Gasteiger partial charge in [0.05, 0.1) is 5.69 Å². The quantitative estimate of drug-likeness (QED) is 0.905. The minimum atomic E-state index is 0.655. The molecule has 0 saturated heterocycles. The van der Waals surface area contributed by atoms with Crippen LogP contribution >= 0.6 is 0 Å². The van der Waals surface area contributed by atoms with Crippen molar-refractivity contribution >= 4 is 0 Å². The molecule has 1 atom stereocenters. The predicted octanol–water partition coefficient (Wildman–Crippen LogP) is 3.24. The fourth-order valence-electron chi connectivity index (χ4n) is 4.17. The molecule has 19 heavy (non-hydrogen) atoms. The first-order chi connectivity index (χ1) is 9.12. The molecule has 1 spiro atoms. The highest BCUT2D eigenvalue weighted by molar-refractivity contribution is 5.24. The van der Waals surface area contributed by atoms with Crippen molar-refractivity contribution in [2.45, 2.75) is 71.4 Å². The summed E-state index contributed by atoms with van der Waals surface area (Å²) in [5, 5.41) is 8.35. The van der Waals surface area contributed by atoms with Crippen LogP contribution in [0, 0.1) is 19.3 Å². The van der Waals surface area contributed by atoms with Crippen LogP contribution in [0.3, 0.4) is 0 Å². The van der Waals surface area contributed by atoms with Crippen molar-refractivity contribution in [1.29, 1.82) is 0 Å². The normalized spacial score (nSPS) is 25.5. The molecule has 1 aromatic rings. The molecule has 2 saturated carbocycles. The Kier molecular flexibility index (Phi) is 3.42. The fourth-order valence-corrected chi connectivity index (χ4v) is 4.17. The Morgan fingerprint density at radius 3 is 2.47 bits per heavy atom. The number of aromatic nitrogens is 2. The topological polar surface area (TPSA) is 29.9 Å². The summed E-state index contributed by atoms with van der Waals surface area (Å²) in [4.78, 5) is 0. The third kappa shape index (κ3) is 2.22. The molecule has 3 nitrogen and oxygen atoms in total. The maximum Gasteiger partial charge on any atom is 0.0641 e. The van der Waals surface area contributed by atoms with Crippen molar-refractivity contribution < 1.29 is 0 Å². The Morgan fingerprint density at radius 1 is 1.21 bits per heavy atom. The van der Waals surface area contributed by atoms with Crippen LogP contribution in [0.15, 0.2) is 0 Å². The lowest BCUT2D eigenvalue weighted by Gasteiger charge is -2.52. The molecule has 1 aromatic heterocycles. The first kappa shape index (κ1) is 13.2. The van der Waals surface area contributed by atoms with E-state index in [0.717, 1.165) is 12.6 Å². The van der Waals surface area contributed by atoms with Gasteiger partial charge in [0.15, 0.2) is 0 Å². The van der Waals surface area contributed by atoms with E-state index in [1.54, 1.807) is 0 Å². The van der Waals surface area contributed by atoms with E-state index in [4.69, 9.17) is 0 Å². The molecule has 1 heterocycles. The van der Waals surface area contributed by atoms with Crippen LogP contribution in [0.5, 0.6) is 0 Å². The summed E-state index contributed by atoms with van der Waals surface area (Å²) in [5.41, 5.74) is 4.55. The molecule has 0 radical (unpaired) electrons. The van der Waals surface area contributed by atoms with Crippen molar-refractivity contribution in [3.05, 3.63) is 17.0 Å². The lowest BCUT2D eigenvalue weighted by atomic mass is 9.57. The Balaban J connectivity index is 1.63. The third-order valence-corrected chi connectivity index (χ3v) is 5.70. The average Bonchev–Trinajstić information content (AvgIpc) is 2.65. The van der Waals surface area contributed by atoms with Gasteiger partial charge in [-0.3, -0.25) is 4.68 Å². The van der Waals surface area contributed by atoms with E-state index in [9.17, 15) is 0 Å². The zero-order valence-corrected chi connectivity index (χ0v) is 12.6. The summed E-state index contributed by atoms with van der Waals surface area (Å²) in [6, 6.07) is 0.756. The molecule has 0 bridgehead atoms. The Morgan fingerprint density at radius 2 is 1.95 bits per heavy atom. The number of rotatable bonds is 3. The van der Waals surface area contributed by atoms with E-state index in [1.165, 1.54) is 61.9 Å². The number of nitrogens with one attached hydrogen (secondary N) is 1. The summed E-state index contributed by atoms with van der Waals surface area (Å²) in [5.74, 6) is 0. The van der Waals surface area contributed by atoms with E-state index >= 15 is 0 Å². The van der Waals surface area contributed by atoms with E-state index in [-0.39, 0.29) is 0 Å². The van der Waals surface area contributed by atoms with Gasteiger partial charge in [-0.25, -0.2) is 0 Å². The Bertz CT molecular complexity index is 455. The van der Waals surface area contributed by atoms with E-state index in [1.807, 2.05) is 11.7 Å². The Labute approximate surface area is 116 Å². The molecular formula is C16H27N3. The molecule has 0 amide bonds. The second kappa shape index (κ2) is 4.93. The summed E-state index contributed by atoms with van der Waals surface area (Å²) in [7, 11) is 2.04. The van der Waals surface area contributed by atoms with Crippen LogP contribution in [0.2, 0.25) is 0 Å². The predicted molar refractivity (Wildman–Crippen MR) is 78.1 cm³/mol. The molecule has 0 aromatic carbocycles. The van der Waals surface area contributed by atoms with Gasteiger partial charge in [-0.05, 0) is 44.9 Å². The molecule has 1 unspecified atom stereocenters. The molecule has 0 aliphatic heterocycles. The van der Waals surface area contributed by atoms with Gasteiger partial charge < -0.3 is 5.32 Å². The highest BCUT2D eigenvalue weighted by Gasteiger charge is 2.46. The molecule has 2 aliphatic rings. The van der Waals surface area contributed by atoms with Crippen molar-refractivity contribution in [2.24, 2.45) is 12.5 Å². The number of nitrogens with zero attached hydrogens (tertiary/aromatic N) is 2. The van der Waals surface area contributed by atoms with Crippen molar-refractivity contribution in [3.63, 3.8) is 0 Å².